The van der Waals surface area contributed by atoms with Gasteiger partial charge in [0, 0.05) is 6.20 Å². The number of thioether (sulfide) groups is 1. The molecule has 0 aliphatic rings. The van der Waals surface area contributed by atoms with Crippen LogP contribution in [0.15, 0.2) is 23.6 Å². The maximum Gasteiger partial charge on any atom is 0.313 e. The largest absolute Gasteiger partial charge is 0.481 e. The van der Waals surface area contributed by atoms with Crippen LogP contribution in [-0.2, 0) is 4.79 Å². The molecule has 0 spiro atoms. The molecule has 2 rings (SSSR count). The van der Waals surface area contributed by atoms with E-state index in [1.54, 1.807) is 12.4 Å². The van der Waals surface area contributed by atoms with E-state index in [0.29, 0.717) is 10.8 Å². The lowest BCUT2D eigenvalue weighted by Crippen LogP contribution is -2.03. The third kappa shape index (κ3) is 2.78. The first-order valence-corrected chi connectivity index (χ1v) is 5.70. The molecule has 0 unspecified atom stereocenters. The maximum absolute atomic E-state index is 10.5. The van der Waals surface area contributed by atoms with Crippen LogP contribution in [0, 0.1) is 6.92 Å². The number of carboxylic acid groups (broad SMARTS) is 1. The molecule has 0 amide bonds. The number of nitrogens with zero attached hydrogens (tertiary/aromatic N) is 5. The number of hydrogen-bond donors (Lipinski definition) is 1. The lowest BCUT2D eigenvalue weighted by molar-refractivity contribution is -0.133. The Hall–Kier alpha value is -1.96. The van der Waals surface area contributed by atoms with Crippen LogP contribution in [0.5, 0.6) is 0 Å². The van der Waals surface area contributed by atoms with Gasteiger partial charge in [-0.25, -0.2) is 0 Å². The highest BCUT2D eigenvalue weighted by atomic mass is 32.2. The van der Waals surface area contributed by atoms with Crippen molar-refractivity contribution in [2.75, 3.05) is 5.75 Å². The van der Waals surface area contributed by atoms with Crippen molar-refractivity contribution in [2.24, 2.45) is 0 Å². The van der Waals surface area contributed by atoms with Crippen molar-refractivity contribution in [1.29, 1.82) is 0 Å². The Morgan fingerprint density at radius 2 is 2.35 bits per heavy atom. The Morgan fingerprint density at radius 3 is 3.06 bits per heavy atom. The zero-order valence-electron chi connectivity index (χ0n) is 8.94. The zero-order chi connectivity index (χ0) is 12.3. The topological polar surface area (TPSA) is 93.8 Å². The minimum atomic E-state index is -0.910. The van der Waals surface area contributed by atoms with Crippen molar-refractivity contribution in [1.82, 2.24) is 25.2 Å². The SMILES string of the molecule is Cc1cncc(-n2nnnc2SCC(=O)O)c1. The molecular weight excluding hydrogens is 242 g/mol. The highest BCUT2D eigenvalue weighted by molar-refractivity contribution is 7.99. The summed E-state index contributed by atoms with van der Waals surface area (Å²) in [6.45, 7) is 1.91. The second kappa shape index (κ2) is 4.91. The normalized spacial score (nSPS) is 10.4. The molecule has 0 aromatic carbocycles. The molecule has 7 nitrogen and oxygen atoms in total. The van der Waals surface area contributed by atoms with Gasteiger partial charge in [-0.15, -0.1) is 5.10 Å². The van der Waals surface area contributed by atoms with Crippen LogP contribution in [0.25, 0.3) is 5.69 Å². The first-order valence-electron chi connectivity index (χ1n) is 4.72. The second-order valence-corrected chi connectivity index (χ2v) is 4.22. The number of carbonyl (C=O) groups is 1. The van der Waals surface area contributed by atoms with Gasteiger partial charge < -0.3 is 5.11 Å². The minimum Gasteiger partial charge on any atom is -0.481 e. The molecule has 88 valence electrons. The summed E-state index contributed by atoms with van der Waals surface area (Å²) in [5.41, 5.74) is 1.69. The molecule has 0 bridgehead atoms. The standard InChI is InChI=1S/C9H9N5O2S/c1-6-2-7(4-10-3-6)14-9(11-12-13-14)17-5-8(15)16/h2-4H,5H2,1H3,(H,15,16). The summed E-state index contributed by atoms with van der Waals surface area (Å²) < 4.78 is 1.47. The van der Waals surface area contributed by atoms with Crippen molar-refractivity contribution >= 4 is 17.7 Å². The number of carboxylic acids is 1. The minimum absolute atomic E-state index is 0.0837. The van der Waals surface area contributed by atoms with Crippen molar-refractivity contribution in [2.45, 2.75) is 12.1 Å². The lowest BCUT2D eigenvalue weighted by atomic mass is 10.3. The summed E-state index contributed by atoms with van der Waals surface area (Å²) in [5, 5.41) is 20.1. The van der Waals surface area contributed by atoms with Crippen molar-refractivity contribution < 1.29 is 9.90 Å². The van der Waals surface area contributed by atoms with Crippen molar-refractivity contribution in [3.05, 3.63) is 24.0 Å². The molecule has 1 N–H and O–H groups in total. The van der Waals surface area contributed by atoms with Gasteiger partial charge in [-0.3, -0.25) is 9.78 Å². The number of pyridine rings is 1. The summed E-state index contributed by atoms with van der Waals surface area (Å²) in [6, 6.07) is 1.87. The van der Waals surface area contributed by atoms with E-state index >= 15 is 0 Å². The highest BCUT2D eigenvalue weighted by Crippen LogP contribution is 2.17. The Balaban J connectivity index is 2.27. The number of rotatable bonds is 4. The van der Waals surface area contributed by atoms with Gasteiger partial charge in [0.25, 0.3) is 0 Å². The zero-order valence-corrected chi connectivity index (χ0v) is 9.76. The monoisotopic (exact) mass is 251 g/mol. The van der Waals surface area contributed by atoms with Crippen LogP contribution >= 0.6 is 11.8 Å². The van der Waals surface area contributed by atoms with Crippen LogP contribution in [0.4, 0.5) is 0 Å². The Kier molecular flexibility index (Phi) is 3.33. The third-order valence-electron chi connectivity index (χ3n) is 1.87. The predicted molar refractivity (Wildman–Crippen MR) is 60.0 cm³/mol. The molecule has 0 fully saturated rings. The summed E-state index contributed by atoms with van der Waals surface area (Å²) in [7, 11) is 0. The van der Waals surface area contributed by atoms with Gasteiger partial charge in [-0.1, -0.05) is 11.8 Å². The molecule has 17 heavy (non-hydrogen) atoms. The van der Waals surface area contributed by atoms with Crippen LogP contribution in [-0.4, -0.2) is 42.0 Å². The number of aryl methyl sites for hydroxylation is 1. The fraction of sp³-hybridized carbons (Fsp3) is 0.222. The Bertz CT molecular complexity index is 542. The third-order valence-corrected chi connectivity index (χ3v) is 2.77. The van der Waals surface area contributed by atoms with E-state index in [0.717, 1.165) is 17.3 Å². The van der Waals surface area contributed by atoms with Gasteiger partial charge in [-0.05, 0) is 29.0 Å². The average molecular weight is 251 g/mol. The quantitative estimate of drug-likeness (QED) is 0.792. The molecule has 0 aliphatic heterocycles. The summed E-state index contributed by atoms with van der Waals surface area (Å²) in [6.07, 6.45) is 3.34. The average Bonchev–Trinajstić information content (AvgIpc) is 2.74. The summed E-state index contributed by atoms with van der Waals surface area (Å²) >= 11 is 1.06. The lowest BCUT2D eigenvalue weighted by Gasteiger charge is -2.03. The van der Waals surface area contributed by atoms with E-state index in [4.69, 9.17) is 5.11 Å². The number of aliphatic carboxylic acids is 1. The Morgan fingerprint density at radius 1 is 1.53 bits per heavy atom. The first-order chi connectivity index (χ1) is 8.16. The molecule has 0 radical (unpaired) electrons. The Labute approximate surface area is 101 Å². The molecule has 2 heterocycles. The van der Waals surface area contributed by atoms with Crippen LogP contribution in [0.1, 0.15) is 5.56 Å². The molecule has 2 aromatic heterocycles. The fourth-order valence-corrected chi connectivity index (χ4v) is 1.82. The van der Waals surface area contributed by atoms with E-state index in [2.05, 4.69) is 20.5 Å². The van der Waals surface area contributed by atoms with Crippen molar-refractivity contribution in [3.63, 3.8) is 0 Å². The van der Waals surface area contributed by atoms with Crippen LogP contribution < -0.4 is 0 Å². The van der Waals surface area contributed by atoms with Gasteiger partial charge in [0.1, 0.15) is 0 Å². The number of aromatic nitrogens is 5. The van der Waals surface area contributed by atoms with E-state index < -0.39 is 5.97 Å². The summed E-state index contributed by atoms with van der Waals surface area (Å²) in [4.78, 5) is 14.5. The van der Waals surface area contributed by atoms with Gasteiger partial charge in [-0.2, -0.15) is 4.68 Å². The highest BCUT2D eigenvalue weighted by Gasteiger charge is 2.10. The molecule has 2 aromatic rings. The molecule has 0 saturated carbocycles. The molecule has 0 aliphatic carbocycles. The van der Waals surface area contributed by atoms with Gasteiger partial charge in [0.2, 0.25) is 5.16 Å². The molecule has 8 heteroatoms. The molecule has 0 atom stereocenters. The van der Waals surface area contributed by atoms with E-state index in [1.165, 1.54) is 4.68 Å². The molecular formula is C9H9N5O2S. The van der Waals surface area contributed by atoms with Crippen LogP contribution in [0.2, 0.25) is 0 Å². The first kappa shape index (κ1) is 11.5. The van der Waals surface area contributed by atoms with Crippen molar-refractivity contribution in [3.8, 4) is 5.69 Å². The summed E-state index contributed by atoms with van der Waals surface area (Å²) in [5.74, 6) is -0.994. The van der Waals surface area contributed by atoms with Crippen LogP contribution in [0.3, 0.4) is 0 Å². The second-order valence-electron chi connectivity index (χ2n) is 3.28. The maximum atomic E-state index is 10.5. The van der Waals surface area contributed by atoms with E-state index in [9.17, 15) is 4.79 Å². The number of tetrazole rings is 1. The van der Waals surface area contributed by atoms with E-state index in [1.807, 2.05) is 13.0 Å². The predicted octanol–water partition coefficient (Wildman–Crippen LogP) is 0.542. The van der Waals surface area contributed by atoms with Gasteiger partial charge >= 0.3 is 5.97 Å². The fourth-order valence-electron chi connectivity index (χ4n) is 1.21. The van der Waals surface area contributed by atoms with Gasteiger partial charge in [0.05, 0.1) is 17.6 Å². The smallest absolute Gasteiger partial charge is 0.313 e. The van der Waals surface area contributed by atoms with Gasteiger partial charge in [0.15, 0.2) is 0 Å². The number of hydrogen-bond acceptors (Lipinski definition) is 6. The van der Waals surface area contributed by atoms with E-state index in [-0.39, 0.29) is 5.75 Å². The molecule has 0 saturated heterocycles.